The van der Waals surface area contributed by atoms with E-state index in [1.807, 2.05) is 30.3 Å². The largest absolute Gasteiger partial charge is 0.480 e. The molecule has 1 saturated carbocycles. The number of rotatable bonds is 3. The lowest BCUT2D eigenvalue weighted by Gasteiger charge is -2.44. The monoisotopic (exact) mass is 273 g/mol. The Bertz CT molecular complexity index is 522. The molecular weight excluding hydrogens is 254 g/mol. The van der Waals surface area contributed by atoms with Crippen LogP contribution in [-0.2, 0) is 15.0 Å². The molecule has 1 aliphatic heterocycles. The van der Waals surface area contributed by atoms with E-state index in [2.05, 4.69) is 0 Å². The Labute approximate surface area is 118 Å². The summed E-state index contributed by atoms with van der Waals surface area (Å²) in [6, 6.07) is 9.17. The molecular formula is C16H19NO3. The molecule has 1 aromatic carbocycles. The van der Waals surface area contributed by atoms with Gasteiger partial charge in [-0.1, -0.05) is 36.8 Å². The predicted molar refractivity (Wildman–Crippen MR) is 74.3 cm³/mol. The minimum Gasteiger partial charge on any atom is -0.480 e. The Morgan fingerprint density at radius 2 is 1.85 bits per heavy atom. The van der Waals surface area contributed by atoms with E-state index in [9.17, 15) is 14.7 Å². The van der Waals surface area contributed by atoms with Crippen molar-refractivity contribution in [2.45, 2.75) is 43.6 Å². The molecule has 2 aliphatic rings. The molecule has 1 aliphatic carbocycles. The van der Waals surface area contributed by atoms with E-state index >= 15 is 0 Å². The summed E-state index contributed by atoms with van der Waals surface area (Å²) in [5, 5.41) is 9.27. The third kappa shape index (κ3) is 1.90. The molecule has 0 radical (unpaired) electrons. The van der Waals surface area contributed by atoms with Gasteiger partial charge in [-0.2, -0.15) is 0 Å². The summed E-state index contributed by atoms with van der Waals surface area (Å²) in [4.78, 5) is 25.8. The SMILES string of the molecule is O=C(O)[C@@H]1CCCN1C(=O)C1(c2ccccc2)CCC1. The van der Waals surface area contributed by atoms with Crippen molar-refractivity contribution in [3.05, 3.63) is 35.9 Å². The van der Waals surface area contributed by atoms with Gasteiger partial charge in [-0.05, 0) is 31.2 Å². The first-order valence-electron chi connectivity index (χ1n) is 7.24. The zero-order valence-corrected chi connectivity index (χ0v) is 11.4. The molecule has 1 aromatic rings. The summed E-state index contributed by atoms with van der Waals surface area (Å²) >= 11 is 0. The summed E-state index contributed by atoms with van der Waals surface area (Å²) in [5.41, 5.74) is 0.562. The van der Waals surface area contributed by atoms with E-state index < -0.39 is 17.4 Å². The first-order valence-corrected chi connectivity index (χ1v) is 7.24. The minimum absolute atomic E-state index is 0.0138. The summed E-state index contributed by atoms with van der Waals surface area (Å²) in [6.45, 7) is 0.574. The maximum Gasteiger partial charge on any atom is 0.326 e. The summed E-state index contributed by atoms with van der Waals surface area (Å²) < 4.78 is 0. The van der Waals surface area contributed by atoms with Crippen LogP contribution in [0.1, 0.15) is 37.7 Å². The molecule has 3 rings (SSSR count). The van der Waals surface area contributed by atoms with Gasteiger partial charge in [0.25, 0.3) is 0 Å². The van der Waals surface area contributed by atoms with Gasteiger partial charge < -0.3 is 10.0 Å². The lowest BCUT2D eigenvalue weighted by Crippen LogP contribution is -2.53. The number of nitrogens with zero attached hydrogens (tertiary/aromatic N) is 1. The van der Waals surface area contributed by atoms with E-state index in [0.29, 0.717) is 13.0 Å². The molecule has 1 N–H and O–H groups in total. The van der Waals surface area contributed by atoms with Crippen molar-refractivity contribution in [2.75, 3.05) is 6.54 Å². The van der Waals surface area contributed by atoms with Crippen LogP contribution in [0.5, 0.6) is 0 Å². The fourth-order valence-corrected chi connectivity index (χ4v) is 3.45. The highest BCUT2D eigenvalue weighted by atomic mass is 16.4. The second-order valence-electron chi connectivity index (χ2n) is 5.80. The van der Waals surface area contributed by atoms with E-state index in [1.54, 1.807) is 4.90 Å². The molecule has 4 nitrogen and oxygen atoms in total. The van der Waals surface area contributed by atoms with Crippen molar-refractivity contribution in [3.8, 4) is 0 Å². The first-order chi connectivity index (χ1) is 9.65. The van der Waals surface area contributed by atoms with Crippen LogP contribution in [0.2, 0.25) is 0 Å². The Morgan fingerprint density at radius 3 is 2.40 bits per heavy atom. The second-order valence-corrected chi connectivity index (χ2v) is 5.80. The van der Waals surface area contributed by atoms with Crippen LogP contribution in [0.15, 0.2) is 30.3 Å². The smallest absolute Gasteiger partial charge is 0.326 e. The average Bonchev–Trinajstić information content (AvgIpc) is 2.88. The summed E-state index contributed by atoms with van der Waals surface area (Å²) in [6.07, 6.45) is 4.06. The molecule has 0 spiro atoms. The van der Waals surface area contributed by atoms with Crippen molar-refractivity contribution in [1.29, 1.82) is 0 Å². The number of carbonyl (C=O) groups excluding carboxylic acids is 1. The molecule has 1 amide bonds. The Balaban J connectivity index is 1.90. The summed E-state index contributed by atoms with van der Waals surface area (Å²) in [5.74, 6) is -0.863. The Kier molecular flexibility index (Phi) is 3.24. The van der Waals surface area contributed by atoms with Crippen molar-refractivity contribution in [2.24, 2.45) is 0 Å². The quantitative estimate of drug-likeness (QED) is 0.918. The number of carboxylic acids is 1. The molecule has 0 bridgehead atoms. The third-order valence-corrected chi connectivity index (χ3v) is 4.74. The van der Waals surface area contributed by atoms with Crippen molar-refractivity contribution in [3.63, 3.8) is 0 Å². The highest BCUT2D eigenvalue weighted by Gasteiger charge is 2.50. The van der Waals surface area contributed by atoms with Gasteiger partial charge in [-0.15, -0.1) is 0 Å². The summed E-state index contributed by atoms with van der Waals surface area (Å²) in [7, 11) is 0. The van der Waals surface area contributed by atoms with Crippen LogP contribution in [0.3, 0.4) is 0 Å². The molecule has 0 unspecified atom stereocenters. The van der Waals surface area contributed by atoms with Crippen LogP contribution in [0.4, 0.5) is 0 Å². The highest BCUT2D eigenvalue weighted by Crippen LogP contribution is 2.46. The first kappa shape index (κ1) is 13.2. The number of likely N-dealkylation sites (tertiary alicyclic amines) is 1. The highest BCUT2D eigenvalue weighted by molar-refractivity contribution is 5.92. The lowest BCUT2D eigenvalue weighted by atomic mass is 9.63. The standard InChI is InChI=1S/C16H19NO3/c18-14(19)13-8-4-11-17(13)15(20)16(9-5-10-16)12-6-2-1-3-7-12/h1-3,6-7,13H,4-5,8-11H2,(H,18,19)/t13-/m0/s1. The van der Waals surface area contributed by atoms with Crippen molar-refractivity contribution < 1.29 is 14.7 Å². The predicted octanol–water partition coefficient (Wildman–Crippen LogP) is 2.18. The number of amides is 1. The van der Waals surface area contributed by atoms with E-state index in [-0.39, 0.29) is 5.91 Å². The molecule has 1 atom stereocenters. The third-order valence-electron chi connectivity index (χ3n) is 4.74. The zero-order chi connectivity index (χ0) is 14.2. The number of benzene rings is 1. The van der Waals surface area contributed by atoms with Crippen LogP contribution in [0.25, 0.3) is 0 Å². The van der Waals surface area contributed by atoms with Gasteiger partial charge in [0.1, 0.15) is 6.04 Å². The second kappa shape index (κ2) is 4.93. The molecule has 1 saturated heterocycles. The van der Waals surface area contributed by atoms with Gasteiger partial charge in [-0.3, -0.25) is 4.79 Å². The number of carbonyl (C=O) groups is 2. The minimum atomic E-state index is -0.876. The Hall–Kier alpha value is -1.84. The number of hydrogen-bond acceptors (Lipinski definition) is 2. The van der Waals surface area contributed by atoms with Gasteiger partial charge in [0.15, 0.2) is 0 Å². The molecule has 20 heavy (non-hydrogen) atoms. The van der Waals surface area contributed by atoms with Gasteiger partial charge in [0.05, 0.1) is 5.41 Å². The van der Waals surface area contributed by atoms with Crippen LogP contribution in [-0.4, -0.2) is 34.5 Å². The van der Waals surface area contributed by atoms with Crippen molar-refractivity contribution in [1.82, 2.24) is 4.90 Å². The maximum atomic E-state index is 12.9. The fraction of sp³-hybridized carbons (Fsp3) is 0.500. The Morgan fingerprint density at radius 1 is 1.15 bits per heavy atom. The molecule has 2 fully saturated rings. The van der Waals surface area contributed by atoms with Gasteiger partial charge >= 0.3 is 5.97 Å². The van der Waals surface area contributed by atoms with E-state index in [4.69, 9.17) is 0 Å². The maximum absolute atomic E-state index is 12.9. The number of carboxylic acid groups (broad SMARTS) is 1. The zero-order valence-electron chi connectivity index (χ0n) is 11.4. The molecule has 4 heteroatoms. The van der Waals surface area contributed by atoms with E-state index in [0.717, 1.165) is 31.2 Å². The average molecular weight is 273 g/mol. The van der Waals surface area contributed by atoms with Gasteiger partial charge in [0, 0.05) is 6.54 Å². The van der Waals surface area contributed by atoms with Gasteiger partial charge in [-0.25, -0.2) is 4.79 Å². The van der Waals surface area contributed by atoms with E-state index in [1.165, 1.54) is 0 Å². The van der Waals surface area contributed by atoms with Crippen molar-refractivity contribution >= 4 is 11.9 Å². The van der Waals surface area contributed by atoms with Crippen LogP contribution >= 0.6 is 0 Å². The van der Waals surface area contributed by atoms with Crippen LogP contribution < -0.4 is 0 Å². The fourth-order valence-electron chi connectivity index (χ4n) is 3.45. The normalized spacial score (nSPS) is 24.2. The van der Waals surface area contributed by atoms with Crippen LogP contribution in [0, 0.1) is 0 Å². The molecule has 106 valence electrons. The topological polar surface area (TPSA) is 57.6 Å². The molecule has 0 aromatic heterocycles. The van der Waals surface area contributed by atoms with Gasteiger partial charge in [0.2, 0.25) is 5.91 Å². The molecule has 1 heterocycles. The lowest BCUT2D eigenvalue weighted by molar-refractivity contribution is -0.152. The number of hydrogen-bond donors (Lipinski definition) is 1. The number of aliphatic carboxylic acids is 1.